The number of anilines is 3. The molecule has 9 nitrogen and oxygen atoms in total. The zero-order chi connectivity index (χ0) is 24.2. The Morgan fingerprint density at radius 2 is 1.74 bits per heavy atom. The maximum Gasteiger partial charge on any atom is 0.293 e. The number of carbonyl (C=O) groups excluding carboxylic acids is 1. The van der Waals surface area contributed by atoms with Crippen molar-refractivity contribution in [3.8, 4) is 0 Å². The highest BCUT2D eigenvalue weighted by molar-refractivity contribution is 5.96. The van der Waals surface area contributed by atoms with Gasteiger partial charge in [-0.1, -0.05) is 32.0 Å². The molecule has 1 aliphatic heterocycles. The second-order valence-corrected chi connectivity index (χ2v) is 8.64. The number of nitrogens with one attached hydrogen (secondary N) is 1. The summed E-state index contributed by atoms with van der Waals surface area (Å²) in [5.41, 5.74) is 2.17. The Morgan fingerprint density at radius 3 is 2.38 bits per heavy atom. The van der Waals surface area contributed by atoms with Crippen molar-refractivity contribution >= 4 is 28.8 Å². The van der Waals surface area contributed by atoms with Gasteiger partial charge in [-0.15, -0.1) is 0 Å². The van der Waals surface area contributed by atoms with E-state index < -0.39 is 4.92 Å². The summed E-state index contributed by atoms with van der Waals surface area (Å²) in [5, 5.41) is 14.7. The smallest absolute Gasteiger partial charge is 0.293 e. The number of hydrogen-bond acceptors (Lipinski definition) is 7. The topological polar surface area (TPSA) is 104 Å². The average molecular weight is 461 g/mol. The highest BCUT2D eigenvalue weighted by Crippen LogP contribution is 2.29. The predicted molar refractivity (Wildman–Crippen MR) is 132 cm³/mol. The Morgan fingerprint density at radius 1 is 1.03 bits per heavy atom. The summed E-state index contributed by atoms with van der Waals surface area (Å²) in [6.45, 7) is 8.38. The van der Waals surface area contributed by atoms with Gasteiger partial charge in [0.25, 0.3) is 11.6 Å². The molecule has 1 saturated heterocycles. The molecular weight excluding hydrogens is 432 g/mol. The predicted octanol–water partition coefficient (Wildman–Crippen LogP) is 4.52. The minimum Gasteiger partial charge on any atom is -0.353 e. The number of aryl methyl sites for hydroxylation is 1. The van der Waals surface area contributed by atoms with Gasteiger partial charge in [-0.3, -0.25) is 14.9 Å². The number of rotatable bonds is 6. The van der Waals surface area contributed by atoms with E-state index in [9.17, 15) is 14.9 Å². The molecule has 2 heterocycles. The number of hydrogen-bond donors (Lipinski definition) is 1. The van der Waals surface area contributed by atoms with Crippen molar-refractivity contribution in [2.24, 2.45) is 0 Å². The van der Waals surface area contributed by atoms with Crippen LogP contribution in [-0.4, -0.2) is 51.9 Å². The maximum atomic E-state index is 13.1. The van der Waals surface area contributed by atoms with Gasteiger partial charge in [0, 0.05) is 61.2 Å². The van der Waals surface area contributed by atoms with E-state index in [1.807, 2.05) is 43.3 Å². The van der Waals surface area contributed by atoms with Crippen LogP contribution >= 0.6 is 0 Å². The summed E-state index contributed by atoms with van der Waals surface area (Å²) in [6, 6.07) is 15.7. The third-order valence-electron chi connectivity index (χ3n) is 5.76. The van der Waals surface area contributed by atoms with Gasteiger partial charge in [0.1, 0.15) is 17.3 Å². The lowest BCUT2D eigenvalue weighted by molar-refractivity contribution is -0.383. The van der Waals surface area contributed by atoms with Crippen LogP contribution in [0.2, 0.25) is 0 Å². The van der Waals surface area contributed by atoms with Crippen LogP contribution in [0.25, 0.3) is 0 Å². The average Bonchev–Trinajstić information content (AvgIpc) is 2.84. The second-order valence-electron chi connectivity index (χ2n) is 8.64. The largest absolute Gasteiger partial charge is 0.353 e. The first-order valence-electron chi connectivity index (χ1n) is 11.3. The van der Waals surface area contributed by atoms with Crippen molar-refractivity contribution in [2.45, 2.75) is 26.7 Å². The molecule has 9 heteroatoms. The second kappa shape index (κ2) is 9.86. The van der Waals surface area contributed by atoms with Gasteiger partial charge in [0.05, 0.1) is 4.92 Å². The quantitative estimate of drug-likeness (QED) is 0.426. The lowest BCUT2D eigenvalue weighted by atomic mass is 10.1. The highest BCUT2D eigenvalue weighted by atomic mass is 16.6. The zero-order valence-corrected chi connectivity index (χ0v) is 19.6. The van der Waals surface area contributed by atoms with Crippen LogP contribution in [-0.2, 0) is 0 Å². The van der Waals surface area contributed by atoms with Crippen molar-refractivity contribution in [3.05, 3.63) is 81.8 Å². The van der Waals surface area contributed by atoms with Crippen LogP contribution in [0.1, 0.15) is 41.6 Å². The molecule has 1 aliphatic rings. The summed E-state index contributed by atoms with van der Waals surface area (Å²) in [6.07, 6.45) is 0. The van der Waals surface area contributed by atoms with Crippen LogP contribution in [0.5, 0.6) is 0 Å². The molecule has 1 N–H and O–H groups in total. The summed E-state index contributed by atoms with van der Waals surface area (Å²) in [7, 11) is 0. The van der Waals surface area contributed by atoms with Gasteiger partial charge < -0.3 is 15.1 Å². The first kappa shape index (κ1) is 23.2. The maximum absolute atomic E-state index is 13.1. The molecule has 1 aromatic heterocycles. The number of para-hydroxylation sites is 1. The highest BCUT2D eigenvalue weighted by Gasteiger charge is 2.26. The van der Waals surface area contributed by atoms with E-state index in [4.69, 9.17) is 0 Å². The molecule has 0 aliphatic carbocycles. The van der Waals surface area contributed by atoms with E-state index >= 15 is 0 Å². The van der Waals surface area contributed by atoms with Crippen LogP contribution in [0.3, 0.4) is 0 Å². The Labute approximate surface area is 198 Å². The first-order valence-corrected chi connectivity index (χ1v) is 11.3. The number of nitrogens with zero attached hydrogens (tertiary/aromatic N) is 5. The Balaban J connectivity index is 1.47. The number of amides is 1. The number of nitro groups is 1. The van der Waals surface area contributed by atoms with E-state index in [-0.39, 0.29) is 17.5 Å². The van der Waals surface area contributed by atoms with Crippen LogP contribution in [0.4, 0.5) is 22.9 Å². The molecule has 4 rings (SSSR count). The van der Waals surface area contributed by atoms with Crippen LogP contribution < -0.4 is 10.2 Å². The molecule has 0 atom stereocenters. The molecule has 0 radical (unpaired) electrons. The minimum atomic E-state index is -0.469. The SMILES string of the molecule is Cc1cc(N2CCN(C(=O)c3ccc(Nc4ccccc4)c([N+](=O)[O-])c3)CC2)nc(C(C)C)n1. The van der Waals surface area contributed by atoms with E-state index in [0.29, 0.717) is 37.4 Å². The molecule has 34 heavy (non-hydrogen) atoms. The van der Waals surface area contributed by atoms with Gasteiger partial charge in [0.15, 0.2) is 0 Å². The standard InChI is InChI=1S/C25H28N6O3/c1-17(2)24-26-18(3)15-23(28-24)29-11-13-30(14-12-29)25(32)19-9-10-21(22(16-19)31(33)34)27-20-7-5-4-6-8-20/h4-10,15-17,27H,11-14H2,1-3H3. The molecular formula is C25H28N6O3. The van der Waals surface area contributed by atoms with Crippen LogP contribution in [0, 0.1) is 17.0 Å². The number of nitro benzene ring substituents is 1. The van der Waals surface area contributed by atoms with E-state index in [1.54, 1.807) is 17.0 Å². The van der Waals surface area contributed by atoms with Crippen molar-refractivity contribution in [2.75, 3.05) is 36.4 Å². The van der Waals surface area contributed by atoms with Gasteiger partial charge >= 0.3 is 0 Å². The Bertz CT molecular complexity index is 1190. The van der Waals surface area contributed by atoms with Crippen LogP contribution in [0.15, 0.2) is 54.6 Å². The fourth-order valence-electron chi connectivity index (χ4n) is 3.91. The number of benzene rings is 2. The molecule has 0 spiro atoms. The van der Waals surface area contributed by atoms with E-state index in [0.717, 1.165) is 23.0 Å². The van der Waals surface area contributed by atoms with E-state index in [2.05, 4.69) is 34.0 Å². The summed E-state index contributed by atoms with van der Waals surface area (Å²) >= 11 is 0. The fourth-order valence-corrected chi connectivity index (χ4v) is 3.91. The third-order valence-corrected chi connectivity index (χ3v) is 5.76. The summed E-state index contributed by atoms with van der Waals surface area (Å²) < 4.78 is 0. The molecule has 2 aromatic carbocycles. The summed E-state index contributed by atoms with van der Waals surface area (Å²) in [4.78, 5) is 37.4. The molecule has 0 bridgehead atoms. The Hall–Kier alpha value is -4.01. The van der Waals surface area contributed by atoms with Crippen molar-refractivity contribution < 1.29 is 9.72 Å². The molecule has 3 aromatic rings. The Kier molecular flexibility index (Phi) is 6.72. The molecule has 0 saturated carbocycles. The minimum absolute atomic E-state index is 0.133. The normalized spacial score (nSPS) is 13.8. The monoisotopic (exact) mass is 460 g/mol. The van der Waals surface area contributed by atoms with Gasteiger partial charge in [-0.25, -0.2) is 9.97 Å². The molecule has 176 valence electrons. The van der Waals surface area contributed by atoms with Gasteiger partial charge in [-0.05, 0) is 31.2 Å². The fraction of sp³-hybridized carbons (Fsp3) is 0.320. The zero-order valence-electron chi connectivity index (χ0n) is 19.6. The van der Waals surface area contributed by atoms with Gasteiger partial charge in [-0.2, -0.15) is 0 Å². The molecule has 0 unspecified atom stereocenters. The van der Waals surface area contributed by atoms with Crippen molar-refractivity contribution in [1.29, 1.82) is 0 Å². The number of carbonyl (C=O) groups is 1. The number of aromatic nitrogens is 2. The summed E-state index contributed by atoms with van der Waals surface area (Å²) in [5.74, 6) is 1.70. The van der Waals surface area contributed by atoms with Crippen molar-refractivity contribution in [1.82, 2.24) is 14.9 Å². The number of piperazine rings is 1. The first-order chi connectivity index (χ1) is 16.3. The lowest BCUT2D eigenvalue weighted by Gasteiger charge is -2.35. The van der Waals surface area contributed by atoms with E-state index in [1.165, 1.54) is 6.07 Å². The lowest BCUT2D eigenvalue weighted by Crippen LogP contribution is -2.49. The third kappa shape index (κ3) is 5.14. The van der Waals surface area contributed by atoms with Crippen molar-refractivity contribution in [3.63, 3.8) is 0 Å². The molecule has 1 fully saturated rings. The molecule has 1 amide bonds. The van der Waals surface area contributed by atoms with Gasteiger partial charge in [0.2, 0.25) is 0 Å².